The summed E-state index contributed by atoms with van der Waals surface area (Å²) in [5.41, 5.74) is 0.194. The topological polar surface area (TPSA) is 21.3 Å². The molecule has 1 saturated heterocycles. The Labute approximate surface area is 134 Å². The molecule has 0 radical (unpaired) electrons. The van der Waals surface area contributed by atoms with E-state index in [1.807, 2.05) is 11.3 Å². The summed E-state index contributed by atoms with van der Waals surface area (Å²) in [5, 5.41) is 5.74. The van der Waals surface area contributed by atoms with Crippen molar-refractivity contribution < 1.29 is 4.74 Å². The summed E-state index contributed by atoms with van der Waals surface area (Å²) in [6.07, 6.45) is 9.03. The maximum Gasteiger partial charge on any atom is 0.0686 e. The van der Waals surface area contributed by atoms with Gasteiger partial charge in [0.05, 0.1) is 5.60 Å². The molecule has 1 saturated carbocycles. The zero-order valence-corrected chi connectivity index (χ0v) is 14.6. The van der Waals surface area contributed by atoms with Gasteiger partial charge in [-0.2, -0.15) is 0 Å². The first kappa shape index (κ1) is 15.0. The van der Waals surface area contributed by atoms with Crippen LogP contribution in [-0.2, 0) is 4.74 Å². The fraction of sp³-hybridized carbons (Fsp3) is 0.750. The highest BCUT2D eigenvalue weighted by molar-refractivity contribution is 9.10. The summed E-state index contributed by atoms with van der Waals surface area (Å²) in [7, 11) is 2.10. The van der Waals surface area contributed by atoms with Gasteiger partial charge in [-0.1, -0.05) is 19.3 Å². The lowest BCUT2D eigenvalue weighted by Gasteiger charge is -2.45. The van der Waals surface area contributed by atoms with E-state index in [-0.39, 0.29) is 5.60 Å². The van der Waals surface area contributed by atoms with Crippen LogP contribution in [0.25, 0.3) is 0 Å². The first-order valence-corrected chi connectivity index (χ1v) is 9.45. The van der Waals surface area contributed by atoms with Gasteiger partial charge in [-0.15, -0.1) is 11.3 Å². The maximum absolute atomic E-state index is 6.24. The van der Waals surface area contributed by atoms with Crippen LogP contribution < -0.4 is 5.32 Å². The molecule has 2 unspecified atom stereocenters. The van der Waals surface area contributed by atoms with Gasteiger partial charge in [-0.25, -0.2) is 0 Å². The minimum atomic E-state index is 0.194. The lowest BCUT2D eigenvalue weighted by atomic mass is 9.74. The third kappa shape index (κ3) is 2.99. The number of rotatable bonds is 3. The predicted octanol–water partition coefficient (Wildman–Crippen LogP) is 4.90. The third-order valence-corrected chi connectivity index (χ3v) is 6.96. The van der Waals surface area contributed by atoms with Crippen LogP contribution in [0.2, 0.25) is 0 Å². The van der Waals surface area contributed by atoms with Crippen molar-refractivity contribution in [3.63, 3.8) is 0 Å². The van der Waals surface area contributed by atoms with Crippen LogP contribution in [0.1, 0.15) is 55.9 Å². The van der Waals surface area contributed by atoms with E-state index in [1.54, 1.807) is 0 Å². The molecule has 0 bridgehead atoms. The normalized spacial score (nSPS) is 27.6. The Morgan fingerprint density at radius 1 is 1.40 bits per heavy atom. The van der Waals surface area contributed by atoms with Gasteiger partial charge in [0, 0.05) is 22.0 Å². The molecule has 1 aromatic rings. The molecule has 112 valence electrons. The molecular weight excluding hydrogens is 334 g/mol. The van der Waals surface area contributed by atoms with Gasteiger partial charge in [-0.3, -0.25) is 0 Å². The Bertz CT molecular complexity index is 436. The highest BCUT2D eigenvalue weighted by Gasteiger charge is 2.41. The first-order valence-electron chi connectivity index (χ1n) is 7.78. The van der Waals surface area contributed by atoms with E-state index >= 15 is 0 Å². The molecule has 3 rings (SSSR count). The van der Waals surface area contributed by atoms with Crippen molar-refractivity contribution in [2.45, 2.75) is 56.6 Å². The van der Waals surface area contributed by atoms with E-state index in [0.29, 0.717) is 12.0 Å². The van der Waals surface area contributed by atoms with Gasteiger partial charge in [-0.05, 0) is 66.0 Å². The number of thiophene rings is 1. The van der Waals surface area contributed by atoms with Gasteiger partial charge >= 0.3 is 0 Å². The minimum Gasteiger partial charge on any atom is -0.375 e. The molecular formula is C16H24BrNOS. The Balaban J connectivity index is 1.76. The average Bonchev–Trinajstić information content (AvgIpc) is 2.87. The van der Waals surface area contributed by atoms with Gasteiger partial charge < -0.3 is 10.1 Å². The molecule has 1 spiro atoms. The molecule has 2 aliphatic rings. The van der Waals surface area contributed by atoms with Crippen molar-refractivity contribution in [3.05, 3.63) is 20.8 Å². The van der Waals surface area contributed by atoms with Crippen molar-refractivity contribution in [1.29, 1.82) is 0 Å². The summed E-state index contributed by atoms with van der Waals surface area (Å²) in [6, 6.07) is 2.63. The minimum absolute atomic E-state index is 0.194. The SMILES string of the molecule is CNC(c1sccc1Br)C1CCOC2(CCCCC2)C1. The number of nitrogens with one attached hydrogen (secondary N) is 1. The third-order valence-electron chi connectivity index (χ3n) is 5.01. The van der Waals surface area contributed by atoms with E-state index in [2.05, 4.69) is 39.7 Å². The predicted molar refractivity (Wildman–Crippen MR) is 88.3 cm³/mol. The monoisotopic (exact) mass is 357 g/mol. The van der Waals surface area contributed by atoms with Gasteiger partial charge in [0.1, 0.15) is 0 Å². The summed E-state index contributed by atoms with van der Waals surface area (Å²) in [6.45, 7) is 0.936. The van der Waals surface area contributed by atoms with Crippen molar-refractivity contribution in [3.8, 4) is 0 Å². The highest BCUT2D eigenvalue weighted by atomic mass is 79.9. The van der Waals surface area contributed by atoms with Crippen LogP contribution in [0.4, 0.5) is 0 Å². The molecule has 2 atom stereocenters. The van der Waals surface area contributed by atoms with Crippen molar-refractivity contribution in [1.82, 2.24) is 5.32 Å². The number of halogens is 1. The fourth-order valence-corrected chi connectivity index (χ4v) is 5.83. The van der Waals surface area contributed by atoms with Gasteiger partial charge in [0.15, 0.2) is 0 Å². The zero-order chi connectivity index (χ0) is 14.0. The largest absolute Gasteiger partial charge is 0.375 e. The Morgan fingerprint density at radius 2 is 2.20 bits per heavy atom. The zero-order valence-electron chi connectivity index (χ0n) is 12.2. The van der Waals surface area contributed by atoms with Crippen LogP contribution in [0.15, 0.2) is 15.9 Å². The molecule has 1 aliphatic carbocycles. The van der Waals surface area contributed by atoms with E-state index in [0.717, 1.165) is 6.61 Å². The molecule has 2 fully saturated rings. The second-order valence-electron chi connectivity index (χ2n) is 6.24. The molecule has 1 N–H and O–H groups in total. The summed E-state index contributed by atoms with van der Waals surface area (Å²) < 4.78 is 7.50. The van der Waals surface area contributed by atoms with E-state index < -0.39 is 0 Å². The Kier molecular flexibility index (Phi) is 4.86. The summed E-state index contributed by atoms with van der Waals surface area (Å²) in [4.78, 5) is 1.45. The van der Waals surface area contributed by atoms with Crippen molar-refractivity contribution in [2.75, 3.05) is 13.7 Å². The standard InChI is InChI=1S/C16H24BrNOS/c1-18-14(15-13(17)6-10-20-15)12-5-9-19-16(11-12)7-3-2-4-8-16/h6,10,12,14,18H,2-5,7-9,11H2,1H3. The van der Waals surface area contributed by atoms with Crippen molar-refractivity contribution in [2.24, 2.45) is 5.92 Å². The second kappa shape index (κ2) is 6.47. The highest BCUT2D eigenvalue weighted by Crippen LogP contribution is 2.45. The van der Waals surface area contributed by atoms with E-state index in [9.17, 15) is 0 Å². The number of hydrogen-bond donors (Lipinski definition) is 1. The quantitative estimate of drug-likeness (QED) is 0.830. The molecule has 2 heterocycles. The lowest BCUT2D eigenvalue weighted by Crippen LogP contribution is -2.44. The molecule has 1 aromatic heterocycles. The molecule has 4 heteroatoms. The van der Waals surface area contributed by atoms with Crippen molar-refractivity contribution >= 4 is 27.3 Å². The smallest absolute Gasteiger partial charge is 0.0686 e. The van der Waals surface area contributed by atoms with Crippen LogP contribution in [0.5, 0.6) is 0 Å². The molecule has 0 aromatic carbocycles. The molecule has 1 aliphatic heterocycles. The van der Waals surface area contributed by atoms with Crippen LogP contribution in [0.3, 0.4) is 0 Å². The molecule has 0 amide bonds. The Hall–Kier alpha value is 0.1000. The summed E-state index contributed by atoms with van der Waals surface area (Å²) >= 11 is 5.56. The fourth-order valence-electron chi connectivity index (χ4n) is 4.00. The summed E-state index contributed by atoms with van der Waals surface area (Å²) in [5.74, 6) is 0.696. The lowest BCUT2D eigenvalue weighted by molar-refractivity contribution is -0.121. The number of ether oxygens (including phenoxy) is 1. The van der Waals surface area contributed by atoms with Crippen LogP contribution in [-0.4, -0.2) is 19.3 Å². The number of hydrogen-bond acceptors (Lipinski definition) is 3. The first-order chi connectivity index (χ1) is 9.74. The maximum atomic E-state index is 6.24. The van der Waals surface area contributed by atoms with Crippen LogP contribution in [0, 0.1) is 5.92 Å². The van der Waals surface area contributed by atoms with Crippen LogP contribution >= 0.6 is 27.3 Å². The van der Waals surface area contributed by atoms with Gasteiger partial charge in [0.2, 0.25) is 0 Å². The second-order valence-corrected chi connectivity index (χ2v) is 8.05. The van der Waals surface area contributed by atoms with Gasteiger partial charge in [0.25, 0.3) is 0 Å². The van der Waals surface area contributed by atoms with E-state index in [1.165, 1.54) is 54.3 Å². The molecule has 20 heavy (non-hydrogen) atoms. The average molecular weight is 358 g/mol. The Morgan fingerprint density at radius 3 is 2.85 bits per heavy atom. The molecule has 2 nitrogen and oxygen atoms in total. The van der Waals surface area contributed by atoms with E-state index in [4.69, 9.17) is 4.74 Å².